The summed E-state index contributed by atoms with van der Waals surface area (Å²) in [4.78, 5) is 3.46. The van der Waals surface area contributed by atoms with Crippen molar-refractivity contribution < 1.29 is 0 Å². The summed E-state index contributed by atoms with van der Waals surface area (Å²) in [5, 5.41) is 0.851. The van der Waals surface area contributed by atoms with Crippen LogP contribution in [0.15, 0.2) is 42.5 Å². The van der Waals surface area contributed by atoms with E-state index in [0.717, 1.165) is 10.9 Å². The molecule has 0 fully saturated rings. The molecule has 84 valence electrons. The van der Waals surface area contributed by atoms with Crippen LogP contribution in [0.3, 0.4) is 0 Å². The molecule has 2 heteroatoms. The summed E-state index contributed by atoms with van der Waals surface area (Å²) in [6.45, 7) is 9.13. The third-order valence-corrected chi connectivity index (χ3v) is 3.25. The third kappa shape index (κ3) is 2.75. The first-order valence-electron chi connectivity index (χ1n) is 5.37. The zero-order valence-electron chi connectivity index (χ0n) is 9.57. The maximum atomic E-state index is 7.04. The molecule has 0 aliphatic heterocycles. The summed E-state index contributed by atoms with van der Waals surface area (Å²) in [5.41, 5.74) is 5.46. The average molecular weight is 286 g/mol. The van der Waals surface area contributed by atoms with E-state index >= 15 is 0 Å². The zero-order chi connectivity index (χ0) is 12.3. The molecule has 0 atom stereocenters. The van der Waals surface area contributed by atoms with Crippen LogP contribution in [0, 0.1) is 13.5 Å². The Balaban J connectivity index is 2.52. The summed E-state index contributed by atoms with van der Waals surface area (Å²) in [6, 6.07) is 14.2. The molecule has 0 N–H and O–H groups in total. The van der Waals surface area contributed by atoms with Gasteiger partial charge >= 0.3 is 0 Å². The Morgan fingerprint density at radius 2 is 1.94 bits per heavy atom. The number of halogens is 1. The standard InChI is InChI=1S/C15H12BrN/c1-11-6-12(10-16)8-14(7-11)13-4-3-5-15(9-13)17-2/h3-9H,10H2,1H3. The SMILES string of the molecule is [C-]#[N+]c1cccc(-c2cc(C)cc(CBr)c2)c1. The maximum absolute atomic E-state index is 7.04. The molecule has 0 unspecified atom stereocenters. The van der Waals surface area contributed by atoms with Crippen molar-refractivity contribution in [3.63, 3.8) is 0 Å². The Kier molecular flexibility index (Phi) is 3.61. The summed E-state index contributed by atoms with van der Waals surface area (Å²) >= 11 is 3.48. The Bertz CT molecular complexity index is 582. The highest BCUT2D eigenvalue weighted by molar-refractivity contribution is 9.08. The molecule has 0 saturated heterocycles. The van der Waals surface area contributed by atoms with Gasteiger partial charge in [-0.2, -0.15) is 0 Å². The molecule has 0 heterocycles. The van der Waals surface area contributed by atoms with Crippen LogP contribution in [0.5, 0.6) is 0 Å². The number of nitrogens with zero attached hydrogens (tertiary/aromatic N) is 1. The second-order valence-corrected chi connectivity index (χ2v) is 4.56. The van der Waals surface area contributed by atoms with Gasteiger partial charge < -0.3 is 0 Å². The van der Waals surface area contributed by atoms with E-state index in [2.05, 4.69) is 45.9 Å². The minimum atomic E-state index is 0.685. The number of hydrogen-bond donors (Lipinski definition) is 0. The second kappa shape index (κ2) is 5.16. The lowest BCUT2D eigenvalue weighted by molar-refractivity contribution is 1.36. The molecule has 2 aromatic rings. The van der Waals surface area contributed by atoms with Crippen LogP contribution in [0.4, 0.5) is 5.69 Å². The van der Waals surface area contributed by atoms with Gasteiger partial charge in [0.25, 0.3) is 0 Å². The topological polar surface area (TPSA) is 4.36 Å². The lowest BCUT2D eigenvalue weighted by Gasteiger charge is -2.06. The minimum Gasteiger partial charge on any atom is -0.238 e. The van der Waals surface area contributed by atoms with Crippen LogP contribution >= 0.6 is 15.9 Å². The fourth-order valence-electron chi connectivity index (χ4n) is 1.86. The molecule has 17 heavy (non-hydrogen) atoms. The van der Waals surface area contributed by atoms with Gasteiger partial charge in [-0.15, -0.1) is 0 Å². The summed E-state index contributed by atoms with van der Waals surface area (Å²) in [7, 11) is 0. The quantitative estimate of drug-likeness (QED) is 0.534. The largest absolute Gasteiger partial charge is 0.238 e. The number of rotatable bonds is 2. The van der Waals surface area contributed by atoms with E-state index in [0.29, 0.717) is 5.69 Å². The monoisotopic (exact) mass is 285 g/mol. The number of alkyl halides is 1. The van der Waals surface area contributed by atoms with Crippen molar-refractivity contribution in [2.45, 2.75) is 12.3 Å². The molecule has 0 aliphatic rings. The van der Waals surface area contributed by atoms with E-state index in [1.165, 1.54) is 16.7 Å². The maximum Gasteiger partial charge on any atom is 0.187 e. The van der Waals surface area contributed by atoms with E-state index in [1.807, 2.05) is 24.3 Å². The van der Waals surface area contributed by atoms with Gasteiger partial charge in [-0.25, -0.2) is 4.85 Å². The van der Waals surface area contributed by atoms with E-state index in [4.69, 9.17) is 6.57 Å². The van der Waals surface area contributed by atoms with Gasteiger partial charge in [0.05, 0.1) is 6.57 Å². The summed E-state index contributed by atoms with van der Waals surface area (Å²) in [6.07, 6.45) is 0. The smallest absolute Gasteiger partial charge is 0.187 e. The zero-order valence-corrected chi connectivity index (χ0v) is 11.2. The molecule has 0 spiro atoms. The predicted molar refractivity (Wildman–Crippen MR) is 75.5 cm³/mol. The minimum absolute atomic E-state index is 0.685. The molecule has 2 aromatic carbocycles. The Morgan fingerprint density at radius 1 is 1.12 bits per heavy atom. The van der Waals surface area contributed by atoms with Crippen molar-refractivity contribution >= 4 is 21.6 Å². The molecule has 0 bridgehead atoms. The van der Waals surface area contributed by atoms with Gasteiger partial charge in [0.15, 0.2) is 5.69 Å². The van der Waals surface area contributed by atoms with E-state index in [1.54, 1.807) is 0 Å². The first-order valence-corrected chi connectivity index (χ1v) is 6.49. The average Bonchev–Trinajstić information content (AvgIpc) is 2.38. The van der Waals surface area contributed by atoms with E-state index in [9.17, 15) is 0 Å². The molecule has 0 aliphatic carbocycles. The van der Waals surface area contributed by atoms with Crippen LogP contribution in [-0.2, 0) is 5.33 Å². The van der Waals surface area contributed by atoms with Crippen LogP contribution < -0.4 is 0 Å². The summed E-state index contributed by atoms with van der Waals surface area (Å²) in [5.74, 6) is 0. The molecule has 0 aromatic heterocycles. The number of aryl methyl sites for hydroxylation is 1. The number of hydrogen-bond acceptors (Lipinski definition) is 0. The molecule has 0 saturated carbocycles. The van der Waals surface area contributed by atoms with Gasteiger partial charge in [0.1, 0.15) is 0 Å². The highest BCUT2D eigenvalue weighted by Gasteiger charge is 2.02. The number of benzene rings is 2. The highest BCUT2D eigenvalue weighted by atomic mass is 79.9. The third-order valence-electron chi connectivity index (χ3n) is 2.60. The van der Waals surface area contributed by atoms with Gasteiger partial charge in [0.2, 0.25) is 0 Å². The molecular formula is C15H12BrN. The van der Waals surface area contributed by atoms with Gasteiger partial charge in [-0.05, 0) is 29.7 Å². The van der Waals surface area contributed by atoms with Gasteiger partial charge in [-0.1, -0.05) is 57.9 Å². The van der Waals surface area contributed by atoms with Crippen molar-refractivity contribution in [1.82, 2.24) is 0 Å². The van der Waals surface area contributed by atoms with Crippen LogP contribution in [0.2, 0.25) is 0 Å². The Hall–Kier alpha value is -1.59. The first kappa shape index (κ1) is 11.9. The van der Waals surface area contributed by atoms with Gasteiger partial charge in [-0.3, -0.25) is 0 Å². The Labute approximate surface area is 110 Å². The van der Waals surface area contributed by atoms with Gasteiger partial charge in [0, 0.05) is 5.33 Å². The van der Waals surface area contributed by atoms with Crippen molar-refractivity contribution in [3.8, 4) is 11.1 Å². The van der Waals surface area contributed by atoms with Crippen molar-refractivity contribution in [1.29, 1.82) is 0 Å². The van der Waals surface area contributed by atoms with Crippen LogP contribution in [0.1, 0.15) is 11.1 Å². The molecule has 0 amide bonds. The fourth-order valence-corrected chi connectivity index (χ4v) is 2.19. The molecular weight excluding hydrogens is 274 g/mol. The van der Waals surface area contributed by atoms with Crippen molar-refractivity contribution in [2.75, 3.05) is 0 Å². The normalized spacial score (nSPS) is 9.94. The van der Waals surface area contributed by atoms with Crippen molar-refractivity contribution in [3.05, 3.63) is 65.0 Å². The summed E-state index contributed by atoms with van der Waals surface area (Å²) < 4.78 is 0. The Morgan fingerprint density at radius 3 is 2.65 bits per heavy atom. The van der Waals surface area contributed by atoms with E-state index in [-0.39, 0.29) is 0 Å². The lowest BCUT2D eigenvalue weighted by Crippen LogP contribution is -1.84. The van der Waals surface area contributed by atoms with E-state index < -0.39 is 0 Å². The highest BCUT2D eigenvalue weighted by Crippen LogP contribution is 2.26. The first-order chi connectivity index (χ1) is 8.22. The lowest BCUT2D eigenvalue weighted by atomic mass is 10.0. The predicted octanol–water partition coefficient (Wildman–Crippen LogP) is 5.11. The second-order valence-electron chi connectivity index (χ2n) is 4.00. The molecule has 0 radical (unpaired) electrons. The molecule has 1 nitrogen and oxygen atoms in total. The van der Waals surface area contributed by atoms with Crippen molar-refractivity contribution in [2.24, 2.45) is 0 Å². The van der Waals surface area contributed by atoms with Crippen LogP contribution in [-0.4, -0.2) is 0 Å². The fraction of sp³-hybridized carbons (Fsp3) is 0.133. The van der Waals surface area contributed by atoms with Crippen LogP contribution in [0.25, 0.3) is 16.0 Å². The molecule has 2 rings (SSSR count).